The van der Waals surface area contributed by atoms with Gasteiger partial charge in [-0.05, 0) is 36.4 Å². The Labute approximate surface area is 146 Å². The molecule has 0 radical (unpaired) electrons. The average Bonchev–Trinajstić information content (AvgIpc) is 3.00. The summed E-state index contributed by atoms with van der Waals surface area (Å²) in [4.78, 5) is 29.9. The zero-order valence-electron chi connectivity index (χ0n) is 13.3. The van der Waals surface area contributed by atoms with E-state index >= 15 is 0 Å². The SMILES string of the molecule is O=C(N=Nc1c2ccc[nH]c-2c2ncccc12)c1ccc([N+](=O)[O-])cc1. The number of benzene rings is 1. The molecule has 2 aliphatic rings. The molecule has 1 amide bonds. The number of non-ortho nitro benzene ring substituents is 1. The number of hydrogen-bond donors (Lipinski definition) is 1. The fourth-order valence-corrected chi connectivity index (χ4v) is 2.76. The summed E-state index contributed by atoms with van der Waals surface area (Å²) in [7, 11) is 0. The number of hydrogen-bond acceptors (Lipinski definition) is 5. The predicted molar refractivity (Wildman–Crippen MR) is 94.7 cm³/mol. The van der Waals surface area contributed by atoms with Gasteiger partial charge in [0.15, 0.2) is 0 Å². The maximum Gasteiger partial charge on any atom is 0.295 e. The van der Waals surface area contributed by atoms with Crippen molar-refractivity contribution in [2.24, 2.45) is 10.2 Å². The van der Waals surface area contributed by atoms with E-state index in [2.05, 4.69) is 20.2 Å². The summed E-state index contributed by atoms with van der Waals surface area (Å²) in [5.41, 5.74) is 3.06. The van der Waals surface area contributed by atoms with Gasteiger partial charge in [-0.3, -0.25) is 19.9 Å². The zero-order chi connectivity index (χ0) is 18.1. The Bertz CT molecular complexity index is 1130. The molecule has 1 aromatic carbocycles. The molecule has 0 saturated carbocycles. The summed E-state index contributed by atoms with van der Waals surface area (Å²) in [6, 6.07) is 12.6. The van der Waals surface area contributed by atoms with Gasteiger partial charge in [0, 0.05) is 41.0 Å². The Morgan fingerprint density at radius 3 is 2.69 bits per heavy atom. The van der Waals surface area contributed by atoms with Gasteiger partial charge in [-0.25, -0.2) is 0 Å². The number of nitro groups is 1. The lowest BCUT2D eigenvalue weighted by atomic mass is 10.2. The van der Waals surface area contributed by atoms with Gasteiger partial charge in [-0.15, -0.1) is 10.2 Å². The Morgan fingerprint density at radius 2 is 1.92 bits per heavy atom. The monoisotopic (exact) mass is 345 g/mol. The number of azo groups is 1. The van der Waals surface area contributed by atoms with Crippen LogP contribution in [0.1, 0.15) is 10.4 Å². The highest BCUT2D eigenvalue weighted by Gasteiger charge is 2.19. The summed E-state index contributed by atoms with van der Waals surface area (Å²) in [5, 5.41) is 19.4. The van der Waals surface area contributed by atoms with Gasteiger partial charge in [0.25, 0.3) is 11.6 Å². The number of rotatable bonds is 3. The van der Waals surface area contributed by atoms with E-state index in [1.54, 1.807) is 18.5 Å². The molecule has 2 aromatic rings. The van der Waals surface area contributed by atoms with Crippen molar-refractivity contribution < 1.29 is 9.72 Å². The number of H-pyrrole nitrogens is 1. The third kappa shape index (κ3) is 2.59. The number of fused-ring (bicyclic) bond motifs is 3. The second-order valence-corrected chi connectivity index (χ2v) is 5.52. The molecule has 8 nitrogen and oxygen atoms in total. The number of amides is 1. The largest absolute Gasteiger partial charge is 0.359 e. The van der Waals surface area contributed by atoms with Gasteiger partial charge in [0.1, 0.15) is 5.69 Å². The molecule has 2 heterocycles. The molecule has 1 aliphatic carbocycles. The lowest BCUT2D eigenvalue weighted by Gasteiger charge is -1.98. The van der Waals surface area contributed by atoms with Gasteiger partial charge < -0.3 is 4.98 Å². The molecule has 26 heavy (non-hydrogen) atoms. The van der Waals surface area contributed by atoms with Crippen molar-refractivity contribution in [3.05, 3.63) is 76.6 Å². The van der Waals surface area contributed by atoms with Crippen molar-refractivity contribution in [3.63, 3.8) is 0 Å². The number of pyridine rings is 2. The lowest BCUT2D eigenvalue weighted by molar-refractivity contribution is -0.384. The summed E-state index contributed by atoms with van der Waals surface area (Å²) < 4.78 is 0. The van der Waals surface area contributed by atoms with Crippen molar-refractivity contribution in [2.45, 2.75) is 0 Å². The van der Waals surface area contributed by atoms with Gasteiger partial charge in [-0.2, -0.15) is 0 Å². The standard InChI is InChI=1S/C18H11N5O3/c24-18(11-5-7-12(8-6-11)23(25)26)22-21-15-13-3-1-9-19-16(13)17-14(15)4-2-10-20-17/h1-10,19H. The first kappa shape index (κ1) is 15.6. The number of nitrogens with one attached hydrogen (secondary N) is 1. The average molecular weight is 345 g/mol. The van der Waals surface area contributed by atoms with Gasteiger partial charge in [0.05, 0.1) is 16.1 Å². The van der Waals surface area contributed by atoms with Crippen molar-refractivity contribution in [2.75, 3.05) is 0 Å². The Kier molecular flexibility index (Phi) is 3.70. The Morgan fingerprint density at radius 1 is 1.12 bits per heavy atom. The summed E-state index contributed by atoms with van der Waals surface area (Å²) in [6.07, 6.45) is 3.48. The molecule has 0 bridgehead atoms. The number of aromatic nitrogens is 2. The van der Waals surface area contributed by atoms with Crippen LogP contribution >= 0.6 is 0 Å². The quantitative estimate of drug-likeness (QED) is 0.334. The minimum absolute atomic E-state index is 0.0897. The molecule has 1 aliphatic heterocycles. The first-order valence-electron chi connectivity index (χ1n) is 7.69. The zero-order valence-corrected chi connectivity index (χ0v) is 13.3. The van der Waals surface area contributed by atoms with Crippen LogP contribution in [0.25, 0.3) is 22.2 Å². The summed E-state index contributed by atoms with van der Waals surface area (Å²) in [6.45, 7) is 0. The second-order valence-electron chi connectivity index (χ2n) is 5.52. The molecule has 4 rings (SSSR count). The molecule has 0 spiro atoms. The van der Waals surface area contributed by atoms with E-state index in [0.717, 1.165) is 22.2 Å². The van der Waals surface area contributed by atoms with E-state index in [0.29, 0.717) is 5.69 Å². The first-order valence-corrected chi connectivity index (χ1v) is 7.69. The highest BCUT2D eigenvalue weighted by molar-refractivity contribution is 6.09. The third-order valence-corrected chi connectivity index (χ3v) is 3.98. The molecule has 0 atom stereocenters. The minimum Gasteiger partial charge on any atom is -0.359 e. The van der Waals surface area contributed by atoms with Gasteiger partial charge >= 0.3 is 0 Å². The van der Waals surface area contributed by atoms with E-state index < -0.39 is 10.8 Å². The molecular formula is C18H11N5O3. The molecule has 0 fully saturated rings. The molecule has 126 valence electrons. The normalized spacial score (nSPS) is 11.4. The molecule has 0 saturated heterocycles. The smallest absolute Gasteiger partial charge is 0.295 e. The van der Waals surface area contributed by atoms with Crippen molar-refractivity contribution in [3.8, 4) is 11.3 Å². The topological polar surface area (TPSA) is 114 Å². The van der Waals surface area contributed by atoms with Crippen LogP contribution in [0.3, 0.4) is 0 Å². The highest BCUT2D eigenvalue weighted by Crippen LogP contribution is 2.42. The van der Waals surface area contributed by atoms with E-state index in [1.165, 1.54) is 24.3 Å². The third-order valence-electron chi connectivity index (χ3n) is 3.98. The maximum atomic E-state index is 12.2. The molecule has 1 aromatic heterocycles. The van der Waals surface area contributed by atoms with E-state index in [9.17, 15) is 14.9 Å². The fourth-order valence-electron chi connectivity index (χ4n) is 2.76. The Balaban J connectivity index is 1.72. The van der Waals surface area contributed by atoms with Crippen molar-refractivity contribution in [1.29, 1.82) is 0 Å². The minimum atomic E-state index is -0.578. The van der Waals surface area contributed by atoms with Crippen molar-refractivity contribution >= 4 is 28.2 Å². The summed E-state index contributed by atoms with van der Waals surface area (Å²) >= 11 is 0. The summed E-state index contributed by atoms with van der Waals surface area (Å²) in [5.74, 6) is -0.578. The van der Waals surface area contributed by atoms with Crippen LogP contribution in [0.2, 0.25) is 0 Å². The van der Waals surface area contributed by atoms with Crippen molar-refractivity contribution in [1.82, 2.24) is 9.97 Å². The molecular weight excluding hydrogens is 334 g/mol. The number of nitro benzene ring substituents is 1. The lowest BCUT2D eigenvalue weighted by Crippen LogP contribution is -1.94. The first-order chi connectivity index (χ1) is 12.6. The van der Waals surface area contributed by atoms with Crippen LogP contribution in [0, 0.1) is 10.1 Å². The van der Waals surface area contributed by atoms with Gasteiger partial charge in [0.2, 0.25) is 0 Å². The van der Waals surface area contributed by atoms with Crippen LogP contribution in [0.5, 0.6) is 0 Å². The second kappa shape index (κ2) is 6.17. The molecule has 1 N–H and O–H groups in total. The van der Waals surface area contributed by atoms with Crippen LogP contribution < -0.4 is 0 Å². The predicted octanol–water partition coefficient (Wildman–Crippen LogP) is 4.50. The molecule has 0 unspecified atom stereocenters. The van der Waals surface area contributed by atoms with Crippen LogP contribution in [0.15, 0.2) is 71.2 Å². The highest BCUT2D eigenvalue weighted by atomic mass is 16.6. The fraction of sp³-hybridized carbons (Fsp3) is 0. The van der Waals surface area contributed by atoms with E-state index in [4.69, 9.17) is 0 Å². The maximum absolute atomic E-state index is 12.2. The number of aromatic amines is 1. The van der Waals surface area contributed by atoms with Crippen LogP contribution in [-0.2, 0) is 0 Å². The van der Waals surface area contributed by atoms with Crippen LogP contribution in [-0.4, -0.2) is 20.8 Å². The molecule has 8 heteroatoms. The number of carbonyl (C=O) groups excluding carboxylic acids is 1. The van der Waals surface area contributed by atoms with E-state index in [-0.39, 0.29) is 11.3 Å². The van der Waals surface area contributed by atoms with Crippen LogP contribution in [0.4, 0.5) is 11.4 Å². The number of carbonyl (C=O) groups is 1. The van der Waals surface area contributed by atoms with Gasteiger partial charge in [-0.1, -0.05) is 0 Å². The number of nitrogens with zero attached hydrogens (tertiary/aromatic N) is 4. The Hall–Kier alpha value is -3.94. The van der Waals surface area contributed by atoms with E-state index in [1.807, 2.05) is 18.2 Å².